The van der Waals surface area contributed by atoms with E-state index >= 15 is 0 Å². The van der Waals surface area contributed by atoms with Crippen LogP contribution in [0.2, 0.25) is 0 Å². The molecule has 0 spiro atoms. The quantitative estimate of drug-likeness (QED) is 0.861. The van der Waals surface area contributed by atoms with E-state index in [9.17, 15) is 4.79 Å². The van der Waals surface area contributed by atoms with Gasteiger partial charge in [0.2, 0.25) is 0 Å². The second kappa shape index (κ2) is 5.86. The first-order valence-electron chi connectivity index (χ1n) is 5.75. The van der Waals surface area contributed by atoms with E-state index in [1.54, 1.807) is 7.11 Å². The number of nitrogens with zero attached hydrogens (tertiary/aromatic N) is 1. The van der Waals surface area contributed by atoms with Gasteiger partial charge in [-0.1, -0.05) is 12.1 Å². The number of anilines is 1. The first-order chi connectivity index (χ1) is 9.19. The molecule has 0 bridgehead atoms. The maximum atomic E-state index is 10.8. The number of rotatable bonds is 5. The Morgan fingerprint density at radius 1 is 1.37 bits per heavy atom. The fraction of sp³-hybridized carbons (Fsp3) is 0.143. The number of aromatic nitrogens is 1. The van der Waals surface area contributed by atoms with Gasteiger partial charge in [-0.15, -0.1) is 0 Å². The lowest BCUT2D eigenvalue weighted by Crippen LogP contribution is -2.04. The normalized spacial score (nSPS) is 9.95. The molecule has 2 aromatic rings. The smallest absolute Gasteiger partial charge is 0.335 e. The summed E-state index contributed by atoms with van der Waals surface area (Å²) in [6, 6.07) is 10.6. The van der Waals surface area contributed by atoms with Crippen molar-refractivity contribution in [3.63, 3.8) is 0 Å². The standard InChI is InChI=1S/C14H14N2O3/c1-19-12-4-2-3-10(7-12)9-16-13-8-11(14(17)18)5-6-15-13/h2-8H,9H2,1H3,(H,15,16)(H,17,18). The fourth-order valence-corrected chi connectivity index (χ4v) is 1.64. The second-order valence-corrected chi connectivity index (χ2v) is 3.94. The first kappa shape index (κ1) is 12.9. The average Bonchev–Trinajstić information content (AvgIpc) is 2.45. The van der Waals surface area contributed by atoms with Crippen molar-refractivity contribution in [2.75, 3.05) is 12.4 Å². The minimum absolute atomic E-state index is 0.211. The Bertz CT molecular complexity index is 584. The van der Waals surface area contributed by atoms with Crippen molar-refractivity contribution >= 4 is 11.8 Å². The summed E-state index contributed by atoms with van der Waals surface area (Å²) in [4.78, 5) is 14.9. The number of ether oxygens (including phenoxy) is 1. The summed E-state index contributed by atoms with van der Waals surface area (Å²) in [7, 11) is 1.62. The number of aromatic carboxylic acids is 1. The molecule has 1 aromatic carbocycles. The van der Waals surface area contributed by atoms with Crippen LogP contribution in [-0.2, 0) is 6.54 Å². The second-order valence-electron chi connectivity index (χ2n) is 3.94. The molecule has 5 nitrogen and oxygen atoms in total. The minimum atomic E-state index is -0.966. The Labute approximate surface area is 110 Å². The van der Waals surface area contributed by atoms with Gasteiger partial charge in [0.05, 0.1) is 12.7 Å². The highest BCUT2D eigenvalue weighted by atomic mass is 16.5. The van der Waals surface area contributed by atoms with Crippen LogP contribution >= 0.6 is 0 Å². The molecule has 0 aliphatic heterocycles. The summed E-state index contributed by atoms with van der Waals surface area (Å²) in [6.45, 7) is 0.549. The van der Waals surface area contributed by atoms with Crippen molar-refractivity contribution in [3.05, 3.63) is 53.7 Å². The first-order valence-corrected chi connectivity index (χ1v) is 5.75. The molecule has 0 fully saturated rings. The Hall–Kier alpha value is -2.56. The SMILES string of the molecule is COc1cccc(CNc2cc(C(=O)O)ccn2)c1. The Morgan fingerprint density at radius 2 is 2.21 bits per heavy atom. The summed E-state index contributed by atoms with van der Waals surface area (Å²) in [5.74, 6) is 0.348. The number of nitrogens with one attached hydrogen (secondary N) is 1. The van der Waals surface area contributed by atoms with E-state index < -0.39 is 5.97 Å². The van der Waals surface area contributed by atoms with Crippen LogP contribution in [0.3, 0.4) is 0 Å². The third kappa shape index (κ3) is 3.45. The summed E-state index contributed by atoms with van der Waals surface area (Å²) >= 11 is 0. The zero-order valence-corrected chi connectivity index (χ0v) is 10.5. The number of benzene rings is 1. The Kier molecular flexibility index (Phi) is 3.97. The number of carbonyl (C=O) groups is 1. The Balaban J connectivity index is 2.05. The van der Waals surface area contributed by atoms with Crippen LogP contribution in [0.4, 0.5) is 5.82 Å². The summed E-state index contributed by atoms with van der Waals surface area (Å²) in [5, 5.41) is 12.0. The van der Waals surface area contributed by atoms with E-state index in [0.717, 1.165) is 11.3 Å². The zero-order valence-electron chi connectivity index (χ0n) is 10.5. The molecule has 2 N–H and O–H groups in total. The van der Waals surface area contributed by atoms with Crippen molar-refractivity contribution in [1.29, 1.82) is 0 Å². The fourth-order valence-electron chi connectivity index (χ4n) is 1.64. The molecular weight excluding hydrogens is 244 g/mol. The van der Waals surface area contributed by atoms with Crippen molar-refractivity contribution in [1.82, 2.24) is 4.98 Å². The molecule has 0 saturated carbocycles. The number of pyridine rings is 1. The van der Waals surface area contributed by atoms with Gasteiger partial charge in [-0.3, -0.25) is 0 Å². The molecule has 0 radical (unpaired) electrons. The van der Waals surface area contributed by atoms with Crippen LogP contribution in [0, 0.1) is 0 Å². The summed E-state index contributed by atoms with van der Waals surface area (Å²) < 4.78 is 5.14. The molecule has 19 heavy (non-hydrogen) atoms. The summed E-state index contributed by atoms with van der Waals surface area (Å²) in [6.07, 6.45) is 1.47. The number of hydrogen-bond acceptors (Lipinski definition) is 4. The predicted octanol–water partition coefficient (Wildman–Crippen LogP) is 2.40. The molecule has 98 valence electrons. The van der Waals surface area contributed by atoms with Gasteiger partial charge < -0.3 is 15.2 Å². The minimum Gasteiger partial charge on any atom is -0.497 e. The van der Waals surface area contributed by atoms with Crippen LogP contribution in [0.5, 0.6) is 5.75 Å². The van der Waals surface area contributed by atoms with Crippen LogP contribution in [0.25, 0.3) is 0 Å². The van der Waals surface area contributed by atoms with Gasteiger partial charge in [0.1, 0.15) is 11.6 Å². The van der Waals surface area contributed by atoms with E-state index in [0.29, 0.717) is 12.4 Å². The third-order valence-corrected chi connectivity index (χ3v) is 2.61. The lowest BCUT2D eigenvalue weighted by Gasteiger charge is -2.07. The number of hydrogen-bond donors (Lipinski definition) is 2. The average molecular weight is 258 g/mol. The lowest BCUT2D eigenvalue weighted by molar-refractivity contribution is 0.0697. The molecule has 5 heteroatoms. The molecular formula is C14H14N2O3. The van der Waals surface area contributed by atoms with E-state index in [4.69, 9.17) is 9.84 Å². The van der Waals surface area contributed by atoms with Gasteiger partial charge in [-0.05, 0) is 29.8 Å². The van der Waals surface area contributed by atoms with Gasteiger partial charge in [0.15, 0.2) is 0 Å². The topological polar surface area (TPSA) is 71.5 Å². The molecule has 0 aliphatic rings. The largest absolute Gasteiger partial charge is 0.497 e. The third-order valence-electron chi connectivity index (χ3n) is 2.61. The molecule has 2 rings (SSSR count). The van der Waals surface area contributed by atoms with Gasteiger partial charge >= 0.3 is 5.97 Å². The van der Waals surface area contributed by atoms with E-state index in [1.165, 1.54) is 18.3 Å². The highest BCUT2D eigenvalue weighted by Crippen LogP contribution is 2.14. The Morgan fingerprint density at radius 3 is 2.95 bits per heavy atom. The summed E-state index contributed by atoms with van der Waals surface area (Å²) in [5.41, 5.74) is 1.24. The van der Waals surface area contributed by atoms with Crippen LogP contribution in [0.15, 0.2) is 42.6 Å². The number of carboxylic acids is 1. The molecule has 0 atom stereocenters. The lowest BCUT2D eigenvalue weighted by atomic mass is 10.2. The maximum absolute atomic E-state index is 10.8. The van der Waals surface area contributed by atoms with Crippen molar-refractivity contribution in [2.24, 2.45) is 0 Å². The van der Waals surface area contributed by atoms with E-state index in [2.05, 4.69) is 10.3 Å². The van der Waals surface area contributed by atoms with Crippen LogP contribution in [-0.4, -0.2) is 23.2 Å². The van der Waals surface area contributed by atoms with Gasteiger partial charge in [-0.25, -0.2) is 9.78 Å². The van der Waals surface area contributed by atoms with E-state index in [-0.39, 0.29) is 5.56 Å². The van der Waals surface area contributed by atoms with Crippen molar-refractivity contribution < 1.29 is 14.6 Å². The molecule has 0 amide bonds. The highest BCUT2D eigenvalue weighted by molar-refractivity contribution is 5.88. The van der Waals surface area contributed by atoms with Crippen molar-refractivity contribution in [3.8, 4) is 5.75 Å². The number of methoxy groups -OCH3 is 1. The molecule has 0 aliphatic carbocycles. The van der Waals surface area contributed by atoms with Crippen molar-refractivity contribution in [2.45, 2.75) is 6.54 Å². The monoisotopic (exact) mass is 258 g/mol. The zero-order chi connectivity index (χ0) is 13.7. The predicted molar refractivity (Wildman–Crippen MR) is 71.5 cm³/mol. The van der Waals surface area contributed by atoms with Crippen LogP contribution in [0.1, 0.15) is 15.9 Å². The van der Waals surface area contributed by atoms with Gasteiger partial charge in [0.25, 0.3) is 0 Å². The highest BCUT2D eigenvalue weighted by Gasteiger charge is 2.04. The molecule has 1 heterocycles. The molecule has 1 aromatic heterocycles. The number of carboxylic acid groups (broad SMARTS) is 1. The molecule has 0 unspecified atom stereocenters. The van der Waals surface area contributed by atoms with E-state index in [1.807, 2.05) is 24.3 Å². The van der Waals surface area contributed by atoms with Gasteiger partial charge in [-0.2, -0.15) is 0 Å². The maximum Gasteiger partial charge on any atom is 0.335 e. The van der Waals surface area contributed by atoms with Gasteiger partial charge in [0, 0.05) is 12.7 Å². The van der Waals surface area contributed by atoms with Crippen LogP contribution < -0.4 is 10.1 Å². The molecule has 0 saturated heterocycles.